The van der Waals surface area contributed by atoms with Gasteiger partial charge >= 0.3 is 0 Å². The van der Waals surface area contributed by atoms with E-state index in [1.165, 1.54) is 25.4 Å². The van der Waals surface area contributed by atoms with Gasteiger partial charge in [0.1, 0.15) is 10.6 Å². The second kappa shape index (κ2) is 6.11. The van der Waals surface area contributed by atoms with Gasteiger partial charge < -0.3 is 4.74 Å². The van der Waals surface area contributed by atoms with Gasteiger partial charge in [-0.15, -0.1) is 0 Å². The molecule has 0 amide bonds. The number of pyridine rings is 1. The van der Waals surface area contributed by atoms with Crippen LogP contribution in [0, 0.1) is 0 Å². The maximum Gasteiger partial charge on any atom is 0.186 e. The summed E-state index contributed by atoms with van der Waals surface area (Å²) in [5.74, 6) is 0.0766. The quantitative estimate of drug-likeness (QED) is 0.820. The highest BCUT2D eigenvalue weighted by Crippen LogP contribution is 2.34. The Bertz CT molecular complexity index is 720. The van der Waals surface area contributed by atoms with Crippen LogP contribution >= 0.6 is 27.5 Å². The van der Waals surface area contributed by atoms with E-state index in [0.29, 0.717) is 15.1 Å². The summed E-state index contributed by atoms with van der Waals surface area (Å²) in [5, 5.41) is 0.391. The third-order valence-electron chi connectivity index (χ3n) is 2.62. The summed E-state index contributed by atoms with van der Waals surface area (Å²) >= 11 is 9.17. The van der Waals surface area contributed by atoms with Crippen molar-refractivity contribution in [2.45, 2.75) is 10.6 Å². The number of aromatic nitrogens is 1. The number of sulfone groups is 1. The van der Waals surface area contributed by atoms with E-state index in [2.05, 4.69) is 20.9 Å². The third kappa shape index (κ3) is 3.31. The third-order valence-corrected chi connectivity index (χ3v) is 5.52. The van der Waals surface area contributed by atoms with Crippen LogP contribution in [0.5, 0.6) is 5.75 Å². The molecule has 0 aliphatic heterocycles. The van der Waals surface area contributed by atoms with E-state index in [0.717, 1.165) is 0 Å². The first-order valence-electron chi connectivity index (χ1n) is 5.59. The fraction of sp³-hybridized carbons (Fsp3) is 0.154. The van der Waals surface area contributed by atoms with E-state index in [4.69, 9.17) is 16.3 Å². The fourth-order valence-electron chi connectivity index (χ4n) is 1.69. The first-order chi connectivity index (χ1) is 9.44. The molecule has 1 aromatic carbocycles. The van der Waals surface area contributed by atoms with E-state index < -0.39 is 9.84 Å². The number of methoxy groups -OCH3 is 1. The Morgan fingerprint density at radius 2 is 2.15 bits per heavy atom. The summed E-state index contributed by atoms with van der Waals surface area (Å²) in [6, 6.07) is 6.33. The number of halogens is 2. The molecule has 0 aliphatic carbocycles. The van der Waals surface area contributed by atoms with Crippen molar-refractivity contribution < 1.29 is 13.2 Å². The number of nitrogens with zero attached hydrogens (tertiary/aromatic N) is 1. The molecule has 1 aromatic heterocycles. The Balaban J connectivity index is 2.47. The van der Waals surface area contributed by atoms with Gasteiger partial charge in [-0.25, -0.2) is 8.42 Å². The zero-order valence-corrected chi connectivity index (χ0v) is 13.7. The fourth-order valence-corrected chi connectivity index (χ4v) is 3.85. The molecule has 0 aliphatic rings. The highest BCUT2D eigenvalue weighted by Gasteiger charge is 2.22. The molecule has 2 aromatic rings. The molecule has 0 N–H and O–H groups in total. The SMILES string of the molecule is COc1cc(Cl)c(Br)cc1S(=O)(=O)Cc1cccnc1. The Hall–Kier alpha value is -1.11. The lowest BCUT2D eigenvalue weighted by Gasteiger charge is -2.11. The highest BCUT2D eigenvalue weighted by molar-refractivity contribution is 9.10. The van der Waals surface area contributed by atoms with Crippen LogP contribution in [0.15, 0.2) is 46.0 Å². The predicted molar refractivity (Wildman–Crippen MR) is 80.8 cm³/mol. The summed E-state index contributed by atoms with van der Waals surface area (Å²) in [4.78, 5) is 4.01. The molecular weight excluding hydrogens is 366 g/mol. The lowest BCUT2D eigenvalue weighted by Crippen LogP contribution is -2.07. The second-order valence-corrected chi connectivity index (χ2v) is 7.26. The smallest absolute Gasteiger partial charge is 0.186 e. The van der Waals surface area contributed by atoms with Crippen LogP contribution in [0.1, 0.15) is 5.56 Å². The van der Waals surface area contributed by atoms with Crippen molar-refractivity contribution in [1.29, 1.82) is 0 Å². The van der Waals surface area contributed by atoms with Crippen molar-refractivity contribution >= 4 is 37.4 Å². The molecule has 0 spiro atoms. The summed E-state index contributed by atoms with van der Waals surface area (Å²) < 4.78 is 30.6. The number of ether oxygens (including phenoxy) is 1. The minimum Gasteiger partial charge on any atom is -0.495 e. The molecule has 2 rings (SSSR count). The number of rotatable bonds is 4. The molecule has 0 fully saturated rings. The maximum atomic E-state index is 12.5. The van der Waals surface area contributed by atoms with Crippen LogP contribution in [0.25, 0.3) is 0 Å². The monoisotopic (exact) mass is 375 g/mol. The van der Waals surface area contributed by atoms with Gasteiger partial charge in [0.25, 0.3) is 0 Å². The zero-order valence-electron chi connectivity index (χ0n) is 10.5. The molecule has 0 saturated carbocycles. The summed E-state index contributed by atoms with van der Waals surface area (Å²) in [7, 11) is -2.14. The molecule has 1 heterocycles. The highest BCUT2D eigenvalue weighted by atomic mass is 79.9. The van der Waals surface area contributed by atoms with Crippen molar-refractivity contribution in [1.82, 2.24) is 4.98 Å². The molecule has 7 heteroatoms. The van der Waals surface area contributed by atoms with Gasteiger partial charge in [-0.3, -0.25) is 4.98 Å². The molecule has 0 radical (unpaired) electrons. The van der Waals surface area contributed by atoms with E-state index in [9.17, 15) is 8.42 Å². The predicted octanol–water partition coefficient (Wildman–Crippen LogP) is 3.48. The minimum atomic E-state index is -3.55. The van der Waals surface area contributed by atoms with Crippen molar-refractivity contribution in [2.24, 2.45) is 0 Å². The lowest BCUT2D eigenvalue weighted by atomic mass is 10.3. The first-order valence-corrected chi connectivity index (χ1v) is 8.41. The topological polar surface area (TPSA) is 56.3 Å². The van der Waals surface area contributed by atoms with E-state index >= 15 is 0 Å². The molecule has 106 valence electrons. The molecule has 0 unspecified atom stereocenters. The van der Waals surface area contributed by atoms with Crippen LogP contribution in [0.3, 0.4) is 0 Å². The standard InChI is InChI=1S/C13H11BrClNO3S/c1-19-12-6-11(15)10(14)5-13(12)20(17,18)8-9-3-2-4-16-7-9/h2-7H,8H2,1H3. The summed E-state index contributed by atoms with van der Waals surface area (Å²) in [5.41, 5.74) is 0.612. The van der Waals surface area contributed by atoms with Gasteiger partial charge in [-0.05, 0) is 33.6 Å². The van der Waals surface area contributed by atoms with Gasteiger partial charge in [0.05, 0.1) is 17.9 Å². The van der Waals surface area contributed by atoms with Crippen LogP contribution in [0.2, 0.25) is 5.02 Å². The van der Waals surface area contributed by atoms with Gasteiger partial charge in [0, 0.05) is 22.9 Å². The van der Waals surface area contributed by atoms with E-state index in [1.807, 2.05) is 0 Å². The van der Waals surface area contributed by atoms with Gasteiger partial charge in [0.15, 0.2) is 9.84 Å². The van der Waals surface area contributed by atoms with Crippen LogP contribution < -0.4 is 4.74 Å². The normalized spacial score (nSPS) is 11.3. The molecule has 4 nitrogen and oxygen atoms in total. The molecule has 20 heavy (non-hydrogen) atoms. The van der Waals surface area contributed by atoms with Gasteiger partial charge in [-0.2, -0.15) is 0 Å². The number of hydrogen-bond acceptors (Lipinski definition) is 4. The zero-order chi connectivity index (χ0) is 14.8. The van der Waals surface area contributed by atoms with Crippen molar-refractivity contribution in [3.63, 3.8) is 0 Å². The maximum absolute atomic E-state index is 12.5. The summed E-state index contributed by atoms with van der Waals surface area (Å²) in [6.07, 6.45) is 3.12. The van der Waals surface area contributed by atoms with Crippen molar-refractivity contribution in [2.75, 3.05) is 7.11 Å². The molecule has 0 bridgehead atoms. The Morgan fingerprint density at radius 1 is 1.40 bits per heavy atom. The first kappa shape index (κ1) is 15.3. The minimum absolute atomic E-state index is 0.0973. The Labute approximate surface area is 130 Å². The lowest BCUT2D eigenvalue weighted by molar-refractivity contribution is 0.402. The average molecular weight is 377 g/mol. The average Bonchev–Trinajstić information content (AvgIpc) is 2.42. The van der Waals surface area contributed by atoms with Crippen LogP contribution in [-0.2, 0) is 15.6 Å². The Morgan fingerprint density at radius 3 is 2.75 bits per heavy atom. The summed E-state index contributed by atoms with van der Waals surface area (Å²) in [6.45, 7) is 0. The van der Waals surface area contributed by atoms with Gasteiger partial charge in [-0.1, -0.05) is 17.7 Å². The van der Waals surface area contributed by atoms with Gasteiger partial charge in [0.2, 0.25) is 0 Å². The molecular formula is C13H11BrClNO3S. The largest absolute Gasteiger partial charge is 0.495 e. The van der Waals surface area contributed by atoms with E-state index in [-0.39, 0.29) is 16.4 Å². The van der Waals surface area contributed by atoms with E-state index in [1.54, 1.807) is 18.3 Å². The number of benzene rings is 1. The van der Waals surface area contributed by atoms with Crippen LogP contribution in [-0.4, -0.2) is 20.5 Å². The molecule has 0 atom stereocenters. The van der Waals surface area contributed by atoms with Crippen molar-refractivity contribution in [3.8, 4) is 5.75 Å². The Kier molecular flexibility index (Phi) is 4.67. The molecule has 0 saturated heterocycles. The number of hydrogen-bond donors (Lipinski definition) is 0. The van der Waals surface area contributed by atoms with Crippen molar-refractivity contribution in [3.05, 3.63) is 51.7 Å². The van der Waals surface area contributed by atoms with Crippen LogP contribution in [0.4, 0.5) is 0 Å². The second-order valence-electron chi connectivity index (χ2n) is 4.04.